The van der Waals surface area contributed by atoms with E-state index < -0.39 is 0 Å². The first-order valence-corrected chi connectivity index (χ1v) is 5.63. The summed E-state index contributed by atoms with van der Waals surface area (Å²) < 4.78 is 0. The van der Waals surface area contributed by atoms with Crippen LogP contribution in [0.15, 0.2) is 12.4 Å². The van der Waals surface area contributed by atoms with Crippen LogP contribution in [-0.2, 0) is 6.54 Å². The average molecular weight is 206 g/mol. The minimum absolute atomic E-state index is 0.495. The number of rotatable bonds is 2. The molecular formula is C11H18N4. The smallest absolute Gasteiger partial charge is 0.141 e. The molecule has 0 atom stereocenters. The molecule has 0 saturated carbocycles. The van der Waals surface area contributed by atoms with Crippen LogP contribution >= 0.6 is 0 Å². The lowest BCUT2D eigenvalue weighted by molar-refractivity contribution is 0.273. The lowest BCUT2D eigenvalue weighted by atomic mass is 10.2. The zero-order valence-electron chi connectivity index (χ0n) is 9.02. The molecule has 1 aromatic heterocycles. The van der Waals surface area contributed by atoms with Crippen molar-refractivity contribution in [2.75, 3.05) is 18.8 Å². The summed E-state index contributed by atoms with van der Waals surface area (Å²) in [5.41, 5.74) is 6.52. The number of aromatic nitrogens is 2. The summed E-state index contributed by atoms with van der Waals surface area (Å²) in [6, 6.07) is 0. The summed E-state index contributed by atoms with van der Waals surface area (Å²) in [7, 11) is 0. The summed E-state index contributed by atoms with van der Waals surface area (Å²) in [4.78, 5) is 10.8. The lowest BCUT2D eigenvalue weighted by Crippen LogP contribution is -2.24. The van der Waals surface area contributed by atoms with Crippen molar-refractivity contribution in [3.8, 4) is 0 Å². The Bertz CT molecular complexity index is 288. The third-order valence-electron chi connectivity index (χ3n) is 2.81. The number of nitrogens with two attached hydrogens (primary N) is 1. The van der Waals surface area contributed by atoms with Gasteiger partial charge in [0.2, 0.25) is 0 Å². The highest BCUT2D eigenvalue weighted by Gasteiger charge is 2.09. The van der Waals surface area contributed by atoms with Gasteiger partial charge in [-0.15, -0.1) is 0 Å². The molecule has 1 saturated heterocycles. The molecule has 2 N–H and O–H groups in total. The van der Waals surface area contributed by atoms with Crippen molar-refractivity contribution < 1.29 is 0 Å². The van der Waals surface area contributed by atoms with Crippen LogP contribution in [0.25, 0.3) is 0 Å². The first kappa shape index (κ1) is 10.4. The molecule has 2 heterocycles. The Hall–Kier alpha value is -1.16. The van der Waals surface area contributed by atoms with Crippen LogP contribution in [0.2, 0.25) is 0 Å². The third-order valence-corrected chi connectivity index (χ3v) is 2.81. The van der Waals surface area contributed by atoms with Crippen molar-refractivity contribution in [1.82, 2.24) is 14.9 Å². The topological polar surface area (TPSA) is 55.0 Å². The fraction of sp³-hybridized carbons (Fsp3) is 0.636. The Balaban J connectivity index is 1.92. The predicted octanol–water partition coefficient (Wildman–Crippen LogP) is 1.43. The Kier molecular flexibility index (Phi) is 3.50. The van der Waals surface area contributed by atoms with E-state index in [-0.39, 0.29) is 0 Å². The number of likely N-dealkylation sites (tertiary alicyclic amines) is 1. The quantitative estimate of drug-likeness (QED) is 0.795. The van der Waals surface area contributed by atoms with Crippen LogP contribution in [0, 0.1) is 0 Å². The van der Waals surface area contributed by atoms with Gasteiger partial charge in [0.1, 0.15) is 5.82 Å². The monoisotopic (exact) mass is 206 g/mol. The van der Waals surface area contributed by atoms with Crippen molar-refractivity contribution in [2.45, 2.75) is 32.2 Å². The van der Waals surface area contributed by atoms with E-state index in [0.717, 1.165) is 12.2 Å². The Morgan fingerprint density at radius 3 is 2.40 bits per heavy atom. The SMILES string of the molecule is Nc1cnc(CN2CCCCCC2)cn1. The molecule has 15 heavy (non-hydrogen) atoms. The highest BCUT2D eigenvalue weighted by atomic mass is 15.1. The molecule has 0 radical (unpaired) electrons. The Labute approximate surface area is 90.5 Å². The van der Waals surface area contributed by atoms with E-state index in [1.807, 2.05) is 0 Å². The van der Waals surface area contributed by atoms with E-state index in [1.165, 1.54) is 38.8 Å². The van der Waals surface area contributed by atoms with E-state index in [9.17, 15) is 0 Å². The van der Waals surface area contributed by atoms with E-state index in [1.54, 1.807) is 12.4 Å². The molecule has 1 aliphatic rings. The fourth-order valence-electron chi connectivity index (χ4n) is 1.97. The van der Waals surface area contributed by atoms with Gasteiger partial charge in [-0.1, -0.05) is 12.8 Å². The maximum atomic E-state index is 5.50. The van der Waals surface area contributed by atoms with E-state index in [4.69, 9.17) is 5.73 Å². The molecule has 0 amide bonds. The van der Waals surface area contributed by atoms with E-state index in [2.05, 4.69) is 14.9 Å². The summed E-state index contributed by atoms with van der Waals surface area (Å²) in [6.07, 6.45) is 8.76. The first-order chi connectivity index (χ1) is 7.34. The van der Waals surface area contributed by atoms with Gasteiger partial charge in [0, 0.05) is 6.54 Å². The highest BCUT2D eigenvalue weighted by molar-refractivity contribution is 5.22. The number of nitrogens with zero attached hydrogens (tertiary/aromatic N) is 3. The minimum Gasteiger partial charge on any atom is -0.382 e. The van der Waals surface area contributed by atoms with Gasteiger partial charge in [-0.25, -0.2) is 4.98 Å². The van der Waals surface area contributed by atoms with Gasteiger partial charge >= 0.3 is 0 Å². The average Bonchev–Trinajstić information content (AvgIpc) is 2.50. The highest BCUT2D eigenvalue weighted by Crippen LogP contribution is 2.11. The van der Waals surface area contributed by atoms with Crippen LogP contribution in [0.3, 0.4) is 0 Å². The number of anilines is 1. The molecule has 1 aromatic rings. The van der Waals surface area contributed by atoms with E-state index in [0.29, 0.717) is 5.82 Å². The number of hydrogen-bond donors (Lipinski definition) is 1. The molecule has 0 aromatic carbocycles. The van der Waals surface area contributed by atoms with Gasteiger partial charge in [0.05, 0.1) is 18.1 Å². The standard InChI is InChI=1S/C11H18N4/c12-11-8-13-10(7-14-11)9-15-5-3-1-2-4-6-15/h7-8H,1-6,9H2,(H2,12,14). The van der Waals surface area contributed by atoms with Crippen molar-refractivity contribution >= 4 is 5.82 Å². The second-order valence-corrected chi connectivity index (χ2v) is 4.12. The van der Waals surface area contributed by atoms with Gasteiger partial charge in [-0.3, -0.25) is 9.88 Å². The summed E-state index contributed by atoms with van der Waals surface area (Å²) >= 11 is 0. The van der Waals surface area contributed by atoms with Gasteiger partial charge in [0.15, 0.2) is 0 Å². The Morgan fingerprint density at radius 2 is 1.80 bits per heavy atom. The van der Waals surface area contributed by atoms with Crippen LogP contribution in [0.4, 0.5) is 5.82 Å². The fourth-order valence-corrected chi connectivity index (χ4v) is 1.97. The summed E-state index contributed by atoms with van der Waals surface area (Å²) in [6.45, 7) is 3.28. The van der Waals surface area contributed by atoms with Gasteiger partial charge in [-0.2, -0.15) is 0 Å². The zero-order valence-corrected chi connectivity index (χ0v) is 9.02. The van der Waals surface area contributed by atoms with Crippen molar-refractivity contribution in [1.29, 1.82) is 0 Å². The molecule has 4 nitrogen and oxygen atoms in total. The molecule has 0 aliphatic carbocycles. The van der Waals surface area contributed by atoms with Crippen LogP contribution in [-0.4, -0.2) is 28.0 Å². The molecule has 0 unspecified atom stereocenters. The Morgan fingerprint density at radius 1 is 1.07 bits per heavy atom. The molecule has 2 rings (SSSR count). The summed E-state index contributed by atoms with van der Waals surface area (Å²) in [5.74, 6) is 0.495. The summed E-state index contributed by atoms with van der Waals surface area (Å²) in [5, 5.41) is 0. The van der Waals surface area contributed by atoms with Crippen molar-refractivity contribution in [2.24, 2.45) is 0 Å². The maximum absolute atomic E-state index is 5.50. The predicted molar refractivity (Wildman–Crippen MR) is 60.2 cm³/mol. The molecule has 0 bridgehead atoms. The number of hydrogen-bond acceptors (Lipinski definition) is 4. The largest absolute Gasteiger partial charge is 0.382 e. The number of nitrogen functional groups attached to an aromatic ring is 1. The molecule has 4 heteroatoms. The van der Waals surface area contributed by atoms with Crippen molar-refractivity contribution in [3.63, 3.8) is 0 Å². The maximum Gasteiger partial charge on any atom is 0.141 e. The van der Waals surface area contributed by atoms with Crippen LogP contribution in [0.5, 0.6) is 0 Å². The van der Waals surface area contributed by atoms with Gasteiger partial charge < -0.3 is 5.73 Å². The second-order valence-electron chi connectivity index (χ2n) is 4.12. The molecule has 1 fully saturated rings. The van der Waals surface area contributed by atoms with Crippen LogP contribution < -0.4 is 5.73 Å². The third kappa shape index (κ3) is 3.16. The lowest BCUT2D eigenvalue weighted by Gasteiger charge is -2.18. The van der Waals surface area contributed by atoms with Gasteiger partial charge in [-0.05, 0) is 25.9 Å². The normalized spacial score (nSPS) is 18.7. The molecule has 1 aliphatic heterocycles. The molecular weight excluding hydrogens is 188 g/mol. The van der Waals surface area contributed by atoms with Crippen LogP contribution in [0.1, 0.15) is 31.4 Å². The second kappa shape index (κ2) is 5.07. The van der Waals surface area contributed by atoms with Crippen molar-refractivity contribution in [3.05, 3.63) is 18.1 Å². The van der Waals surface area contributed by atoms with E-state index >= 15 is 0 Å². The minimum atomic E-state index is 0.495. The molecule has 82 valence electrons. The van der Waals surface area contributed by atoms with Gasteiger partial charge in [0.25, 0.3) is 0 Å². The molecule has 0 spiro atoms. The zero-order chi connectivity index (χ0) is 10.5. The first-order valence-electron chi connectivity index (χ1n) is 5.63.